The minimum atomic E-state index is -0.475. The lowest BCUT2D eigenvalue weighted by molar-refractivity contribution is -0.121. The lowest BCUT2D eigenvalue weighted by atomic mass is 10.3. The predicted molar refractivity (Wildman–Crippen MR) is 91.2 cm³/mol. The fourth-order valence-corrected chi connectivity index (χ4v) is 2.60. The summed E-state index contributed by atoms with van der Waals surface area (Å²) in [5, 5.41) is 2.79. The van der Waals surface area contributed by atoms with Gasteiger partial charge in [-0.25, -0.2) is 9.78 Å². The van der Waals surface area contributed by atoms with E-state index in [1.807, 2.05) is 18.2 Å². The molecule has 9 nitrogen and oxygen atoms in total. The Balaban J connectivity index is 1.74. The van der Waals surface area contributed by atoms with E-state index in [0.29, 0.717) is 13.0 Å². The largest absolute Gasteiger partial charge is 0.354 e. The molecule has 0 aromatic carbocycles. The number of carbonyl (C=O) groups is 1. The number of imidazole rings is 1. The van der Waals surface area contributed by atoms with Crippen molar-refractivity contribution in [3.05, 3.63) is 57.3 Å². The van der Waals surface area contributed by atoms with Crippen molar-refractivity contribution in [1.82, 2.24) is 29.0 Å². The van der Waals surface area contributed by atoms with Crippen LogP contribution in [-0.2, 0) is 31.9 Å². The van der Waals surface area contributed by atoms with Gasteiger partial charge in [0.25, 0.3) is 5.56 Å². The van der Waals surface area contributed by atoms with Crippen molar-refractivity contribution >= 4 is 17.1 Å². The Morgan fingerprint density at radius 2 is 1.96 bits per heavy atom. The van der Waals surface area contributed by atoms with Gasteiger partial charge in [-0.05, 0) is 12.1 Å². The highest BCUT2D eigenvalue weighted by atomic mass is 16.2. The second-order valence-corrected chi connectivity index (χ2v) is 5.67. The van der Waals surface area contributed by atoms with Crippen molar-refractivity contribution < 1.29 is 4.79 Å². The summed E-state index contributed by atoms with van der Waals surface area (Å²) in [5.74, 6) is -0.244. The minimum Gasteiger partial charge on any atom is -0.354 e. The first kappa shape index (κ1) is 16.6. The van der Waals surface area contributed by atoms with Gasteiger partial charge < -0.3 is 9.88 Å². The second kappa shape index (κ2) is 6.71. The molecule has 3 aromatic rings. The molecule has 0 atom stereocenters. The molecule has 0 saturated carbocycles. The number of hydrogen-bond acceptors (Lipinski definition) is 5. The third-order valence-corrected chi connectivity index (χ3v) is 3.96. The highest BCUT2D eigenvalue weighted by molar-refractivity contribution is 5.78. The number of pyridine rings is 1. The van der Waals surface area contributed by atoms with Gasteiger partial charge in [0.2, 0.25) is 5.91 Å². The zero-order valence-corrected chi connectivity index (χ0v) is 14.0. The number of hydrogen-bond donors (Lipinski definition) is 1. The molecule has 130 valence electrons. The Morgan fingerprint density at radius 1 is 1.16 bits per heavy atom. The fraction of sp³-hybridized carbons (Fsp3) is 0.312. The van der Waals surface area contributed by atoms with Crippen LogP contribution in [0.1, 0.15) is 5.69 Å². The van der Waals surface area contributed by atoms with Gasteiger partial charge in [-0.2, -0.15) is 0 Å². The quantitative estimate of drug-likeness (QED) is 0.653. The van der Waals surface area contributed by atoms with E-state index in [1.165, 1.54) is 29.6 Å². The molecule has 9 heteroatoms. The Morgan fingerprint density at radius 3 is 2.68 bits per heavy atom. The monoisotopic (exact) mass is 342 g/mol. The molecular weight excluding hydrogens is 324 g/mol. The summed E-state index contributed by atoms with van der Waals surface area (Å²) in [5.41, 5.74) is 0.443. The van der Waals surface area contributed by atoms with Gasteiger partial charge in [-0.15, -0.1) is 0 Å². The molecule has 3 heterocycles. The molecule has 1 amide bonds. The lowest BCUT2D eigenvalue weighted by Gasteiger charge is -2.07. The number of fused-ring (bicyclic) bond motifs is 1. The first-order valence-corrected chi connectivity index (χ1v) is 7.76. The van der Waals surface area contributed by atoms with Gasteiger partial charge in [-0.3, -0.25) is 23.7 Å². The normalized spacial score (nSPS) is 11.0. The Kier molecular flexibility index (Phi) is 4.46. The number of aryl methyl sites for hydroxylation is 1. The van der Waals surface area contributed by atoms with E-state index >= 15 is 0 Å². The minimum absolute atomic E-state index is 0.0494. The molecule has 3 rings (SSSR count). The molecule has 0 bridgehead atoms. The third-order valence-electron chi connectivity index (χ3n) is 3.96. The Hall–Kier alpha value is -3.23. The number of nitrogens with zero attached hydrogens (tertiary/aromatic N) is 5. The van der Waals surface area contributed by atoms with Crippen LogP contribution < -0.4 is 16.6 Å². The van der Waals surface area contributed by atoms with E-state index in [-0.39, 0.29) is 23.6 Å². The summed E-state index contributed by atoms with van der Waals surface area (Å²) >= 11 is 0. The Bertz CT molecular complexity index is 1030. The number of carbonyl (C=O) groups excluding carboxylic acids is 1. The van der Waals surface area contributed by atoms with E-state index in [0.717, 1.165) is 10.3 Å². The number of amides is 1. The van der Waals surface area contributed by atoms with Crippen LogP contribution in [0, 0.1) is 0 Å². The van der Waals surface area contributed by atoms with Crippen LogP contribution in [0.3, 0.4) is 0 Å². The highest BCUT2D eigenvalue weighted by Gasteiger charge is 2.15. The number of aromatic nitrogens is 5. The van der Waals surface area contributed by atoms with E-state index in [9.17, 15) is 14.4 Å². The van der Waals surface area contributed by atoms with Crippen LogP contribution in [0.15, 0.2) is 40.3 Å². The van der Waals surface area contributed by atoms with Gasteiger partial charge in [0, 0.05) is 39.0 Å². The van der Waals surface area contributed by atoms with Gasteiger partial charge in [0.15, 0.2) is 11.2 Å². The van der Waals surface area contributed by atoms with Crippen molar-refractivity contribution in [1.29, 1.82) is 0 Å². The van der Waals surface area contributed by atoms with Crippen LogP contribution in [0.25, 0.3) is 11.2 Å². The summed E-state index contributed by atoms with van der Waals surface area (Å²) in [7, 11) is 2.93. The average molecular weight is 342 g/mol. The molecule has 0 spiro atoms. The van der Waals surface area contributed by atoms with E-state index < -0.39 is 11.2 Å². The van der Waals surface area contributed by atoms with Crippen LogP contribution in [-0.4, -0.2) is 36.1 Å². The van der Waals surface area contributed by atoms with Crippen molar-refractivity contribution in [3.63, 3.8) is 0 Å². The number of nitrogens with one attached hydrogen (secondary N) is 1. The van der Waals surface area contributed by atoms with E-state index in [1.54, 1.807) is 6.20 Å². The molecule has 0 radical (unpaired) electrons. The van der Waals surface area contributed by atoms with Crippen LogP contribution in [0.2, 0.25) is 0 Å². The molecule has 0 aliphatic rings. The zero-order valence-electron chi connectivity index (χ0n) is 14.0. The van der Waals surface area contributed by atoms with Crippen LogP contribution in [0.5, 0.6) is 0 Å². The molecule has 0 saturated heterocycles. The maximum absolute atomic E-state index is 12.3. The molecule has 1 N–H and O–H groups in total. The molecule has 0 fully saturated rings. The van der Waals surface area contributed by atoms with E-state index in [2.05, 4.69) is 15.3 Å². The molecule has 3 aromatic heterocycles. The van der Waals surface area contributed by atoms with Crippen molar-refractivity contribution in [3.8, 4) is 0 Å². The molecule has 0 unspecified atom stereocenters. The first-order valence-electron chi connectivity index (χ1n) is 7.76. The van der Waals surface area contributed by atoms with Gasteiger partial charge in [-0.1, -0.05) is 6.07 Å². The molecule has 25 heavy (non-hydrogen) atoms. The summed E-state index contributed by atoms with van der Waals surface area (Å²) < 4.78 is 3.74. The Labute approximate surface area is 142 Å². The van der Waals surface area contributed by atoms with Gasteiger partial charge >= 0.3 is 5.69 Å². The van der Waals surface area contributed by atoms with Crippen molar-refractivity contribution in [2.45, 2.75) is 13.0 Å². The highest BCUT2D eigenvalue weighted by Crippen LogP contribution is 2.05. The standard InChI is InChI=1S/C16H18N6O3/c1-20-14-13(15(24)21(2)16(20)25)22(10-19-14)9-12(23)18-8-6-11-5-3-4-7-17-11/h3-5,7,10H,6,8-9H2,1-2H3,(H,18,23). The van der Waals surface area contributed by atoms with Gasteiger partial charge in [0.1, 0.15) is 6.54 Å². The maximum atomic E-state index is 12.3. The van der Waals surface area contributed by atoms with Crippen molar-refractivity contribution in [2.75, 3.05) is 6.54 Å². The maximum Gasteiger partial charge on any atom is 0.332 e. The third kappa shape index (κ3) is 3.21. The summed E-state index contributed by atoms with van der Waals surface area (Å²) in [6.45, 7) is 0.394. The first-order chi connectivity index (χ1) is 12.0. The fourth-order valence-electron chi connectivity index (χ4n) is 2.60. The van der Waals surface area contributed by atoms with Gasteiger partial charge in [0.05, 0.1) is 6.33 Å². The number of rotatable bonds is 5. The van der Waals surface area contributed by atoms with E-state index in [4.69, 9.17) is 0 Å². The second-order valence-electron chi connectivity index (χ2n) is 5.67. The lowest BCUT2D eigenvalue weighted by Crippen LogP contribution is -2.38. The SMILES string of the molecule is Cn1c(=O)c2c(ncn2CC(=O)NCCc2ccccn2)n(C)c1=O. The summed E-state index contributed by atoms with van der Waals surface area (Å²) in [6.07, 6.45) is 3.71. The zero-order chi connectivity index (χ0) is 18.0. The molecular formula is C16H18N6O3. The van der Waals surface area contributed by atoms with Crippen LogP contribution >= 0.6 is 0 Å². The summed E-state index contributed by atoms with van der Waals surface area (Å²) in [6, 6.07) is 5.61. The van der Waals surface area contributed by atoms with Crippen LogP contribution in [0.4, 0.5) is 0 Å². The predicted octanol–water partition coefficient (Wildman–Crippen LogP) is -0.812. The molecule has 0 aliphatic carbocycles. The summed E-state index contributed by atoms with van der Waals surface area (Å²) in [4.78, 5) is 44.6. The van der Waals surface area contributed by atoms with Crippen molar-refractivity contribution in [2.24, 2.45) is 14.1 Å². The molecule has 0 aliphatic heterocycles. The smallest absolute Gasteiger partial charge is 0.332 e. The average Bonchev–Trinajstić information content (AvgIpc) is 3.02. The topological polar surface area (TPSA) is 104 Å².